The Bertz CT molecular complexity index is 685. The molecular weight excluding hydrogens is 278 g/mol. The standard InChI is InChI=1S/C18H21NO3/c1-19-8-7-18-11-4-5-13(20)17(18)22-16-14(21-2)6-3-10(15(16)18)9-12(11)19/h3,6,11-12,17H,4-5,7-9H2,1-2H3/t11-,12+,17+,18+/m1/s1. The maximum absolute atomic E-state index is 12.6. The van der Waals surface area contributed by atoms with Crippen LogP contribution < -0.4 is 9.47 Å². The Morgan fingerprint density at radius 3 is 3.09 bits per heavy atom. The third kappa shape index (κ3) is 1.27. The van der Waals surface area contributed by atoms with Gasteiger partial charge in [-0.05, 0) is 50.4 Å². The van der Waals surface area contributed by atoms with Crippen molar-refractivity contribution in [2.75, 3.05) is 20.7 Å². The molecule has 0 amide bonds. The van der Waals surface area contributed by atoms with Gasteiger partial charge in [0.25, 0.3) is 0 Å². The van der Waals surface area contributed by atoms with Gasteiger partial charge in [0.1, 0.15) is 0 Å². The molecule has 0 radical (unpaired) electrons. The Morgan fingerprint density at radius 1 is 1.41 bits per heavy atom. The van der Waals surface area contributed by atoms with Gasteiger partial charge in [-0.3, -0.25) is 4.79 Å². The third-order valence-electron chi connectivity index (χ3n) is 6.59. The van der Waals surface area contributed by atoms with Gasteiger partial charge in [-0.2, -0.15) is 0 Å². The summed E-state index contributed by atoms with van der Waals surface area (Å²) in [6.45, 7) is 1.05. The minimum Gasteiger partial charge on any atom is -0.493 e. The van der Waals surface area contributed by atoms with E-state index in [2.05, 4.69) is 18.0 Å². The molecule has 4 heteroatoms. The largest absolute Gasteiger partial charge is 0.493 e. The Balaban J connectivity index is 1.81. The van der Waals surface area contributed by atoms with Gasteiger partial charge in [-0.1, -0.05) is 6.07 Å². The van der Waals surface area contributed by atoms with Crippen molar-refractivity contribution >= 4 is 5.78 Å². The van der Waals surface area contributed by atoms with E-state index in [0.717, 1.165) is 37.3 Å². The van der Waals surface area contributed by atoms with E-state index in [9.17, 15) is 4.79 Å². The molecule has 1 aromatic rings. The van der Waals surface area contributed by atoms with Crippen molar-refractivity contribution in [2.45, 2.75) is 43.2 Å². The average molecular weight is 299 g/mol. The van der Waals surface area contributed by atoms with Gasteiger partial charge in [-0.15, -0.1) is 0 Å². The van der Waals surface area contributed by atoms with E-state index in [-0.39, 0.29) is 17.3 Å². The van der Waals surface area contributed by atoms with Crippen LogP contribution >= 0.6 is 0 Å². The number of carbonyl (C=O) groups excluding carboxylic acids is 1. The van der Waals surface area contributed by atoms with E-state index in [4.69, 9.17) is 9.47 Å². The SMILES string of the molecule is COc1ccc2c3c1O[C@H]1C(=O)CC[C@@H]4[C@H](C2)N(C)CC[C@@]341. The van der Waals surface area contributed by atoms with E-state index >= 15 is 0 Å². The minimum absolute atomic E-state index is 0.0933. The van der Waals surface area contributed by atoms with Crippen LogP contribution in [0.3, 0.4) is 0 Å². The number of nitrogens with zero attached hydrogens (tertiary/aromatic N) is 1. The minimum atomic E-state index is -0.284. The average Bonchev–Trinajstić information content (AvgIpc) is 2.88. The number of likely N-dealkylation sites (N-methyl/N-ethyl adjacent to an activating group) is 1. The second-order valence-electron chi connectivity index (χ2n) is 7.28. The van der Waals surface area contributed by atoms with Crippen molar-refractivity contribution in [3.63, 3.8) is 0 Å². The van der Waals surface area contributed by atoms with Gasteiger partial charge in [0.15, 0.2) is 23.4 Å². The molecule has 116 valence electrons. The lowest BCUT2D eigenvalue weighted by Crippen LogP contribution is -2.65. The van der Waals surface area contributed by atoms with Crippen molar-refractivity contribution in [1.82, 2.24) is 4.90 Å². The molecule has 0 N–H and O–H groups in total. The lowest BCUT2D eigenvalue weighted by Gasteiger charge is -2.57. The highest BCUT2D eigenvalue weighted by atomic mass is 16.5. The van der Waals surface area contributed by atoms with Crippen molar-refractivity contribution < 1.29 is 14.3 Å². The molecule has 1 aromatic carbocycles. The first-order valence-electron chi connectivity index (χ1n) is 8.27. The summed E-state index contributed by atoms with van der Waals surface area (Å²) in [6, 6.07) is 4.73. The van der Waals surface area contributed by atoms with Crippen LogP contribution in [-0.4, -0.2) is 43.5 Å². The lowest BCUT2D eigenvalue weighted by molar-refractivity contribution is -0.138. The summed E-state index contributed by atoms with van der Waals surface area (Å²) in [5, 5.41) is 0. The summed E-state index contributed by atoms with van der Waals surface area (Å²) >= 11 is 0. The molecule has 2 aliphatic carbocycles. The van der Waals surface area contributed by atoms with E-state index in [1.165, 1.54) is 11.1 Å². The smallest absolute Gasteiger partial charge is 0.174 e. The molecule has 0 aromatic heterocycles. The second kappa shape index (κ2) is 4.05. The molecular formula is C18H21NO3. The fourth-order valence-electron chi connectivity index (χ4n) is 5.67. The molecule has 5 rings (SSSR count). The summed E-state index contributed by atoms with van der Waals surface area (Å²) in [5.41, 5.74) is 2.57. The maximum atomic E-state index is 12.6. The second-order valence-corrected chi connectivity index (χ2v) is 7.28. The number of ketones is 1. The van der Waals surface area contributed by atoms with Gasteiger partial charge in [-0.25, -0.2) is 0 Å². The summed E-state index contributed by atoms with van der Waals surface area (Å²) in [4.78, 5) is 15.1. The molecule has 4 atom stereocenters. The Labute approximate surface area is 130 Å². The van der Waals surface area contributed by atoms with Crippen LogP contribution in [-0.2, 0) is 16.6 Å². The molecule has 1 saturated carbocycles. The quantitative estimate of drug-likeness (QED) is 0.794. The number of methoxy groups -OCH3 is 1. The number of piperidine rings is 1. The van der Waals surface area contributed by atoms with Gasteiger partial charge in [0, 0.05) is 23.4 Å². The van der Waals surface area contributed by atoms with Gasteiger partial charge in [0.2, 0.25) is 0 Å². The van der Waals surface area contributed by atoms with Crippen molar-refractivity contribution in [1.29, 1.82) is 0 Å². The van der Waals surface area contributed by atoms with E-state index in [1.54, 1.807) is 7.11 Å². The summed E-state index contributed by atoms with van der Waals surface area (Å²) in [7, 11) is 3.91. The summed E-state index contributed by atoms with van der Waals surface area (Å²) in [6.07, 6.45) is 3.47. The van der Waals surface area contributed by atoms with Crippen LogP contribution in [0.5, 0.6) is 11.5 Å². The van der Waals surface area contributed by atoms with Crippen molar-refractivity contribution in [3.8, 4) is 11.5 Å². The number of hydrogen-bond acceptors (Lipinski definition) is 4. The number of ether oxygens (including phenoxy) is 2. The third-order valence-corrected chi connectivity index (χ3v) is 6.59. The fraction of sp³-hybridized carbons (Fsp3) is 0.611. The summed E-state index contributed by atoms with van der Waals surface area (Å²) < 4.78 is 11.8. The van der Waals surface area contributed by atoms with Gasteiger partial charge >= 0.3 is 0 Å². The molecule has 2 bridgehead atoms. The molecule has 4 aliphatic rings. The highest BCUT2D eigenvalue weighted by molar-refractivity contribution is 5.89. The molecule has 0 unspecified atom stereocenters. The van der Waals surface area contributed by atoms with E-state index in [0.29, 0.717) is 18.4 Å². The Morgan fingerprint density at radius 2 is 2.27 bits per heavy atom. The van der Waals surface area contributed by atoms with Gasteiger partial charge < -0.3 is 14.4 Å². The predicted octanol–water partition coefficient (Wildman–Crippen LogP) is 1.93. The maximum Gasteiger partial charge on any atom is 0.174 e. The van der Waals surface area contributed by atoms with Crippen molar-refractivity contribution in [3.05, 3.63) is 23.3 Å². The first kappa shape index (κ1) is 12.9. The molecule has 2 aliphatic heterocycles. The van der Waals surface area contributed by atoms with Crippen LogP contribution in [0, 0.1) is 5.92 Å². The first-order valence-corrected chi connectivity index (χ1v) is 8.27. The van der Waals surface area contributed by atoms with Crippen molar-refractivity contribution in [2.24, 2.45) is 5.92 Å². The van der Waals surface area contributed by atoms with Crippen LogP contribution in [0.1, 0.15) is 30.4 Å². The van der Waals surface area contributed by atoms with Crippen LogP contribution in [0.2, 0.25) is 0 Å². The lowest BCUT2D eigenvalue weighted by atomic mass is 9.52. The number of rotatable bonds is 1. The molecule has 22 heavy (non-hydrogen) atoms. The number of benzene rings is 1. The normalized spacial score (nSPS) is 38.5. The Kier molecular flexibility index (Phi) is 2.38. The van der Waals surface area contributed by atoms with Crippen LogP contribution in [0.15, 0.2) is 12.1 Å². The molecule has 2 fully saturated rings. The predicted molar refractivity (Wildman–Crippen MR) is 81.6 cm³/mol. The van der Waals surface area contributed by atoms with Gasteiger partial charge in [0.05, 0.1) is 7.11 Å². The van der Waals surface area contributed by atoms with Crippen LogP contribution in [0.25, 0.3) is 0 Å². The zero-order chi connectivity index (χ0) is 15.1. The molecule has 4 nitrogen and oxygen atoms in total. The first-order chi connectivity index (χ1) is 10.7. The topological polar surface area (TPSA) is 38.8 Å². The van der Waals surface area contributed by atoms with E-state index < -0.39 is 0 Å². The number of hydrogen-bond donors (Lipinski definition) is 0. The molecule has 1 saturated heterocycles. The van der Waals surface area contributed by atoms with E-state index in [1.807, 2.05) is 6.07 Å². The number of carbonyl (C=O) groups is 1. The summed E-state index contributed by atoms with van der Waals surface area (Å²) in [5.74, 6) is 2.46. The highest BCUT2D eigenvalue weighted by Crippen LogP contribution is 2.62. The zero-order valence-electron chi connectivity index (χ0n) is 13.1. The fourth-order valence-corrected chi connectivity index (χ4v) is 5.67. The number of likely N-dealkylation sites (tertiary alicyclic amines) is 1. The van der Waals surface area contributed by atoms with Crippen LogP contribution in [0.4, 0.5) is 0 Å². The zero-order valence-corrected chi connectivity index (χ0v) is 13.1. The molecule has 2 heterocycles. The Hall–Kier alpha value is -1.55. The highest BCUT2D eigenvalue weighted by Gasteiger charge is 2.65. The molecule has 1 spiro atoms. The number of Topliss-reactive ketones (excluding diaryl/α,β-unsaturated/α-hetero) is 1. The monoisotopic (exact) mass is 299 g/mol.